The fourth-order valence-corrected chi connectivity index (χ4v) is 3.90. The van der Waals surface area contributed by atoms with Crippen LogP contribution in [0.25, 0.3) is 0 Å². The molecule has 10 nitrogen and oxygen atoms in total. The van der Waals surface area contributed by atoms with Gasteiger partial charge in [-0.3, -0.25) is 29.2 Å². The van der Waals surface area contributed by atoms with E-state index in [-0.39, 0.29) is 44.0 Å². The van der Waals surface area contributed by atoms with Crippen LogP contribution < -0.4 is 0 Å². The highest BCUT2D eigenvalue weighted by Crippen LogP contribution is 2.29. The van der Waals surface area contributed by atoms with Gasteiger partial charge in [-0.05, 0) is 25.0 Å². The lowest BCUT2D eigenvalue weighted by molar-refractivity contribution is -0.148. The van der Waals surface area contributed by atoms with Crippen molar-refractivity contribution in [3.8, 4) is 5.75 Å². The quantitative estimate of drug-likeness (QED) is 0.517. The summed E-state index contributed by atoms with van der Waals surface area (Å²) in [7, 11) is 2.55. The molecule has 0 amide bonds. The lowest BCUT2D eigenvalue weighted by Gasteiger charge is -2.44. The summed E-state index contributed by atoms with van der Waals surface area (Å²) < 4.78 is 9.57. The molecular weight excluding hydrogens is 394 g/mol. The molecule has 30 heavy (non-hydrogen) atoms. The number of aromatic nitrogens is 1. The molecule has 0 saturated heterocycles. The maximum Gasteiger partial charge on any atom is 0.319 e. The van der Waals surface area contributed by atoms with Crippen LogP contribution in [-0.4, -0.2) is 88.8 Å². The molecule has 1 fully saturated rings. The number of pyridine rings is 1. The van der Waals surface area contributed by atoms with Crippen LogP contribution in [0.1, 0.15) is 31.4 Å². The third-order valence-corrected chi connectivity index (χ3v) is 5.31. The molecule has 0 spiro atoms. The molecule has 1 aromatic rings. The van der Waals surface area contributed by atoms with Crippen LogP contribution in [0.3, 0.4) is 0 Å². The van der Waals surface area contributed by atoms with E-state index in [1.165, 1.54) is 20.3 Å². The predicted octanol–water partition coefficient (Wildman–Crippen LogP) is 0.633. The molecule has 1 aromatic heterocycles. The van der Waals surface area contributed by atoms with Gasteiger partial charge in [0, 0.05) is 24.8 Å². The smallest absolute Gasteiger partial charge is 0.319 e. The SMILES string of the molecule is COC(=O)CN(CC(=O)O)C1CCCC[C@@H]1N(CC(=O)OC)Cc1ncccc1O. The van der Waals surface area contributed by atoms with Crippen molar-refractivity contribution in [2.75, 3.05) is 33.9 Å². The zero-order valence-corrected chi connectivity index (χ0v) is 17.3. The number of ether oxygens (including phenoxy) is 2. The standard InChI is InChI=1S/C20H29N3O7/c1-29-19(27)12-22(10-14-17(24)8-5-9-21-14)15-6-3-4-7-16(15)23(11-18(25)26)13-20(28)30-2/h5,8-9,15-16,24H,3-4,6-7,10-13H2,1-2H3,(H,25,26)/t15-,16?/m0/s1. The number of nitrogens with zero attached hydrogens (tertiary/aromatic N) is 3. The summed E-state index contributed by atoms with van der Waals surface area (Å²) in [4.78, 5) is 43.0. The molecule has 1 heterocycles. The van der Waals surface area contributed by atoms with Gasteiger partial charge in [-0.1, -0.05) is 12.8 Å². The second-order valence-corrected chi connectivity index (χ2v) is 7.24. The van der Waals surface area contributed by atoms with E-state index in [1.807, 2.05) is 4.90 Å². The maximum atomic E-state index is 12.1. The second-order valence-electron chi connectivity index (χ2n) is 7.24. The molecule has 0 bridgehead atoms. The fraction of sp³-hybridized carbons (Fsp3) is 0.600. The minimum Gasteiger partial charge on any atom is -0.506 e. The first-order chi connectivity index (χ1) is 14.3. The van der Waals surface area contributed by atoms with Crippen LogP contribution in [0.15, 0.2) is 18.3 Å². The van der Waals surface area contributed by atoms with Gasteiger partial charge >= 0.3 is 17.9 Å². The minimum atomic E-state index is -1.05. The van der Waals surface area contributed by atoms with Crippen LogP contribution in [0, 0.1) is 0 Å². The monoisotopic (exact) mass is 423 g/mol. The van der Waals surface area contributed by atoms with Crippen molar-refractivity contribution in [1.82, 2.24) is 14.8 Å². The number of carboxylic acids is 1. The van der Waals surface area contributed by atoms with Crippen LogP contribution in [0.4, 0.5) is 0 Å². The first-order valence-corrected chi connectivity index (χ1v) is 9.82. The van der Waals surface area contributed by atoms with E-state index in [1.54, 1.807) is 17.2 Å². The molecule has 0 aliphatic heterocycles. The highest BCUT2D eigenvalue weighted by atomic mass is 16.5. The molecular formula is C20H29N3O7. The summed E-state index contributed by atoms with van der Waals surface area (Å²) in [6.07, 6.45) is 4.69. The summed E-state index contributed by atoms with van der Waals surface area (Å²) >= 11 is 0. The highest BCUT2D eigenvalue weighted by Gasteiger charge is 2.37. The van der Waals surface area contributed by atoms with Gasteiger partial charge in [-0.2, -0.15) is 0 Å². The van der Waals surface area contributed by atoms with Crippen molar-refractivity contribution in [2.45, 2.75) is 44.3 Å². The number of methoxy groups -OCH3 is 2. The van der Waals surface area contributed by atoms with Gasteiger partial charge in [0.2, 0.25) is 0 Å². The van der Waals surface area contributed by atoms with Crippen LogP contribution in [0.2, 0.25) is 0 Å². The second kappa shape index (κ2) is 11.5. The number of carbonyl (C=O) groups excluding carboxylic acids is 2. The Balaban J connectivity index is 2.33. The minimum absolute atomic E-state index is 0.0108. The first kappa shape index (κ1) is 23.6. The zero-order chi connectivity index (χ0) is 22.1. The Morgan fingerprint density at radius 3 is 2.13 bits per heavy atom. The van der Waals surface area contributed by atoms with E-state index < -0.39 is 17.9 Å². The zero-order valence-electron chi connectivity index (χ0n) is 17.3. The van der Waals surface area contributed by atoms with Gasteiger partial charge < -0.3 is 19.7 Å². The predicted molar refractivity (Wildman–Crippen MR) is 106 cm³/mol. The van der Waals surface area contributed by atoms with Gasteiger partial charge in [-0.15, -0.1) is 0 Å². The number of hydrogen-bond donors (Lipinski definition) is 2. The van der Waals surface area contributed by atoms with Gasteiger partial charge in [0.15, 0.2) is 0 Å². The number of esters is 2. The first-order valence-electron chi connectivity index (χ1n) is 9.82. The number of rotatable bonds is 10. The number of hydrogen-bond acceptors (Lipinski definition) is 9. The van der Waals surface area contributed by atoms with E-state index in [0.717, 1.165) is 12.8 Å². The third kappa shape index (κ3) is 6.67. The molecule has 2 rings (SSSR count). The van der Waals surface area contributed by atoms with Crippen molar-refractivity contribution < 1.29 is 34.1 Å². The summed E-state index contributed by atoms with van der Waals surface area (Å²) in [5.41, 5.74) is 0.406. The molecule has 1 saturated carbocycles. The van der Waals surface area contributed by atoms with Crippen molar-refractivity contribution in [3.05, 3.63) is 24.0 Å². The summed E-state index contributed by atoms with van der Waals surface area (Å²) in [5.74, 6) is -2.02. The Morgan fingerprint density at radius 1 is 1.03 bits per heavy atom. The van der Waals surface area contributed by atoms with E-state index in [2.05, 4.69) is 4.98 Å². The molecule has 1 unspecified atom stereocenters. The van der Waals surface area contributed by atoms with E-state index >= 15 is 0 Å². The van der Waals surface area contributed by atoms with Crippen LogP contribution >= 0.6 is 0 Å². The normalized spacial score (nSPS) is 18.9. The number of aliphatic carboxylic acids is 1. The van der Waals surface area contributed by atoms with Crippen molar-refractivity contribution in [2.24, 2.45) is 0 Å². The number of carbonyl (C=O) groups is 3. The van der Waals surface area contributed by atoms with Gasteiger partial charge in [0.05, 0.1) is 39.5 Å². The molecule has 0 radical (unpaired) electrons. The van der Waals surface area contributed by atoms with Crippen LogP contribution in [0.5, 0.6) is 5.75 Å². The van der Waals surface area contributed by atoms with Crippen molar-refractivity contribution >= 4 is 17.9 Å². The van der Waals surface area contributed by atoms with Crippen LogP contribution in [-0.2, 0) is 30.4 Å². The Labute approximate surface area is 175 Å². The van der Waals surface area contributed by atoms with Crippen molar-refractivity contribution in [3.63, 3.8) is 0 Å². The lowest BCUT2D eigenvalue weighted by Crippen LogP contribution is -2.56. The largest absolute Gasteiger partial charge is 0.506 e. The van der Waals surface area contributed by atoms with Gasteiger partial charge in [0.25, 0.3) is 0 Å². The van der Waals surface area contributed by atoms with Gasteiger partial charge in [0.1, 0.15) is 5.75 Å². The lowest BCUT2D eigenvalue weighted by atomic mass is 9.87. The Kier molecular flexibility index (Phi) is 9.00. The molecule has 0 aromatic carbocycles. The molecule has 2 N–H and O–H groups in total. The Hall–Kier alpha value is -2.72. The molecule has 1 aliphatic carbocycles. The topological polar surface area (TPSA) is 130 Å². The van der Waals surface area contributed by atoms with Crippen molar-refractivity contribution in [1.29, 1.82) is 0 Å². The molecule has 10 heteroatoms. The molecule has 2 atom stereocenters. The molecule has 1 aliphatic rings. The average molecular weight is 423 g/mol. The Bertz CT molecular complexity index is 743. The Morgan fingerprint density at radius 2 is 1.60 bits per heavy atom. The summed E-state index contributed by atoms with van der Waals surface area (Å²) in [6, 6.07) is 2.61. The summed E-state index contributed by atoms with van der Waals surface area (Å²) in [6.45, 7) is -0.350. The van der Waals surface area contributed by atoms with E-state index in [4.69, 9.17) is 9.47 Å². The fourth-order valence-electron chi connectivity index (χ4n) is 3.90. The number of carboxylic acid groups (broad SMARTS) is 1. The average Bonchev–Trinajstić information content (AvgIpc) is 2.73. The molecule has 166 valence electrons. The van der Waals surface area contributed by atoms with E-state index in [9.17, 15) is 24.6 Å². The third-order valence-electron chi connectivity index (χ3n) is 5.31. The highest BCUT2D eigenvalue weighted by molar-refractivity contribution is 5.74. The number of aromatic hydroxyl groups is 1. The summed E-state index contributed by atoms with van der Waals surface area (Å²) in [5, 5.41) is 19.5. The maximum absolute atomic E-state index is 12.1. The van der Waals surface area contributed by atoms with Gasteiger partial charge in [-0.25, -0.2) is 0 Å². The van der Waals surface area contributed by atoms with E-state index in [0.29, 0.717) is 18.5 Å².